The van der Waals surface area contributed by atoms with Gasteiger partial charge in [0.05, 0.1) is 11.8 Å². The van der Waals surface area contributed by atoms with Gasteiger partial charge in [-0.15, -0.1) is 5.10 Å². The molecular weight excluding hydrogens is 337 g/mol. The van der Waals surface area contributed by atoms with Gasteiger partial charge >= 0.3 is 6.18 Å². The van der Waals surface area contributed by atoms with Gasteiger partial charge in [-0.1, -0.05) is 19.1 Å². The molecule has 0 aliphatic carbocycles. The predicted molar refractivity (Wildman–Crippen MR) is 84.0 cm³/mol. The van der Waals surface area contributed by atoms with Crippen LogP contribution < -0.4 is 11.1 Å². The van der Waals surface area contributed by atoms with Crippen LogP contribution in [0.1, 0.15) is 42.7 Å². The molecule has 0 aliphatic heterocycles. The molecule has 3 N–H and O–H groups in total. The van der Waals surface area contributed by atoms with E-state index in [1.807, 2.05) is 13.8 Å². The Hall–Kier alpha value is -2.49. The number of nitrogens with one attached hydrogen (secondary N) is 1. The van der Waals surface area contributed by atoms with E-state index in [4.69, 9.17) is 5.73 Å². The second-order valence-corrected chi connectivity index (χ2v) is 5.70. The summed E-state index contributed by atoms with van der Waals surface area (Å²) in [4.78, 5) is 15.8. The first-order valence-corrected chi connectivity index (χ1v) is 7.71. The van der Waals surface area contributed by atoms with E-state index in [2.05, 4.69) is 20.6 Å². The first-order chi connectivity index (χ1) is 11.7. The number of nitrogens with zero attached hydrogens (tertiary/aromatic N) is 4. The lowest BCUT2D eigenvalue weighted by atomic mass is 9.94. The van der Waals surface area contributed by atoms with E-state index in [-0.39, 0.29) is 18.1 Å². The predicted octanol–water partition coefficient (Wildman–Crippen LogP) is 1.93. The van der Waals surface area contributed by atoms with Gasteiger partial charge in [0.1, 0.15) is 0 Å². The van der Waals surface area contributed by atoms with Crippen molar-refractivity contribution < 1.29 is 18.0 Å². The molecule has 0 radical (unpaired) electrons. The molecule has 2 heterocycles. The minimum Gasteiger partial charge on any atom is -0.349 e. The summed E-state index contributed by atoms with van der Waals surface area (Å²) in [5.41, 5.74) is 4.77. The zero-order valence-corrected chi connectivity index (χ0v) is 13.8. The first-order valence-electron chi connectivity index (χ1n) is 7.71. The SMILES string of the molecule is CCC(N)(CC)CNC(=O)c1cn(-c2ccc(C(F)(F)F)cn2)nn1. The fraction of sp³-hybridized carbons (Fsp3) is 0.467. The Labute approximate surface area is 142 Å². The largest absolute Gasteiger partial charge is 0.417 e. The molecule has 7 nitrogen and oxygen atoms in total. The van der Waals surface area contributed by atoms with Gasteiger partial charge in [0, 0.05) is 18.3 Å². The molecule has 10 heteroatoms. The highest BCUT2D eigenvalue weighted by Gasteiger charge is 2.30. The molecule has 0 saturated carbocycles. The van der Waals surface area contributed by atoms with Crippen molar-refractivity contribution in [2.24, 2.45) is 5.73 Å². The number of carbonyl (C=O) groups is 1. The molecule has 0 bridgehead atoms. The van der Waals surface area contributed by atoms with Crippen LogP contribution in [0.15, 0.2) is 24.5 Å². The normalized spacial score (nSPS) is 12.2. The number of aromatic nitrogens is 4. The van der Waals surface area contributed by atoms with E-state index < -0.39 is 23.2 Å². The zero-order valence-electron chi connectivity index (χ0n) is 13.8. The van der Waals surface area contributed by atoms with Crippen molar-refractivity contribution in [1.82, 2.24) is 25.3 Å². The number of nitrogens with two attached hydrogens (primary N) is 1. The second-order valence-electron chi connectivity index (χ2n) is 5.70. The lowest BCUT2D eigenvalue weighted by Crippen LogP contribution is -2.49. The third kappa shape index (κ3) is 4.53. The van der Waals surface area contributed by atoms with Gasteiger partial charge in [0.25, 0.3) is 5.91 Å². The molecule has 0 aromatic carbocycles. The molecule has 1 amide bonds. The molecule has 25 heavy (non-hydrogen) atoms. The highest BCUT2D eigenvalue weighted by Crippen LogP contribution is 2.28. The molecular formula is C15H19F3N6O. The number of rotatable bonds is 6. The van der Waals surface area contributed by atoms with Gasteiger partial charge in [-0.25, -0.2) is 9.67 Å². The summed E-state index contributed by atoms with van der Waals surface area (Å²) < 4.78 is 38.7. The van der Waals surface area contributed by atoms with Crippen LogP contribution in [-0.4, -0.2) is 38.0 Å². The Morgan fingerprint density at radius 3 is 2.48 bits per heavy atom. The van der Waals surface area contributed by atoms with Crippen LogP contribution in [0.3, 0.4) is 0 Å². The quantitative estimate of drug-likeness (QED) is 0.824. The molecule has 0 unspecified atom stereocenters. The third-order valence-electron chi connectivity index (χ3n) is 4.05. The third-order valence-corrected chi connectivity index (χ3v) is 4.05. The standard InChI is InChI=1S/C15H19F3N6O/c1-3-14(19,4-2)9-21-13(25)11-8-24(23-22-11)12-6-5-10(7-20-12)15(16,17)18/h5-8H,3-4,9,19H2,1-2H3,(H,21,25). The maximum Gasteiger partial charge on any atom is 0.417 e. The molecule has 136 valence electrons. The summed E-state index contributed by atoms with van der Waals surface area (Å²) in [6, 6.07) is 2.04. The lowest BCUT2D eigenvalue weighted by molar-refractivity contribution is -0.137. The van der Waals surface area contributed by atoms with E-state index in [1.54, 1.807) is 0 Å². The number of pyridine rings is 1. The Bertz CT molecular complexity index is 722. The average molecular weight is 356 g/mol. The molecule has 0 spiro atoms. The number of alkyl halides is 3. The topological polar surface area (TPSA) is 98.7 Å². The van der Waals surface area contributed by atoms with E-state index in [0.717, 1.165) is 16.8 Å². The van der Waals surface area contributed by atoms with Crippen LogP contribution in [0.2, 0.25) is 0 Å². The van der Waals surface area contributed by atoms with Crippen molar-refractivity contribution in [2.75, 3.05) is 6.54 Å². The Morgan fingerprint density at radius 2 is 1.96 bits per heavy atom. The van der Waals surface area contributed by atoms with Crippen LogP contribution in [0.25, 0.3) is 5.82 Å². The van der Waals surface area contributed by atoms with Crippen molar-refractivity contribution in [3.8, 4) is 5.82 Å². The molecule has 2 aromatic heterocycles. The highest BCUT2D eigenvalue weighted by atomic mass is 19.4. The van der Waals surface area contributed by atoms with E-state index in [1.165, 1.54) is 6.20 Å². The van der Waals surface area contributed by atoms with Crippen LogP contribution in [0, 0.1) is 0 Å². The van der Waals surface area contributed by atoms with Crippen LogP contribution in [0.5, 0.6) is 0 Å². The van der Waals surface area contributed by atoms with Gasteiger partial charge in [-0.2, -0.15) is 13.2 Å². The average Bonchev–Trinajstić information content (AvgIpc) is 3.09. The van der Waals surface area contributed by atoms with Crippen LogP contribution in [-0.2, 0) is 6.18 Å². The molecule has 2 rings (SSSR count). The highest BCUT2D eigenvalue weighted by molar-refractivity contribution is 5.91. The fourth-order valence-electron chi connectivity index (χ4n) is 2.02. The van der Waals surface area contributed by atoms with E-state index in [0.29, 0.717) is 19.0 Å². The number of hydrogen-bond acceptors (Lipinski definition) is 5. The van der Waals surface area contributed by atoms with Gasteiger partial charge < -0.3 is 11.1 Å². The van der Waals surface area contributed by atoms with Crippen LogP contribution >= 0.6 is 0 Å². The Morgan fingerprint density at radius 1 is 1.28 bits per heavy atom. The minimum absolute atomic E-state index is 0.0243. The molecule has 0 saturated heterocycles. The summed E-state index contributed by atoms with van der Waals surface area (Å²) >= 11 is 0. The van der Waals surface area contributed by atoms with Crippen molar-refractivity contribution in [2.45, 2.75) is 38.4 Å². The maximum absolute atomic E-state index is 12.5. The lowest BCUT2D eigenvalue weighted by Gasteiger charge is -2.26. The van der Waals surface area contributed by atoms with Crippen molar-refractivity contribution in [3.05, 3.63) is 35.8 Å². The van der Waals surface area contributed by atoms with Gasteiger partial charge in [0.2, 0.25) is 0 Å². The number of amides is 1. The summed E-state index contributed by atoms with van der Waals surface area (Å²) in [5, 5.41) is 10.1. The van der Waals surface area contributed by atoms with Gasteiger partial charge in [-0.05, 0) is 25.0 Å². The summed E-state index contributed by atoms with van der Waals surface area (Å²) in [5.74, 6) is -0.343. The molecule has 0 fully saturated rings. The van der Waals surface area contributed by atoms with Crippen molar-refractivity contribution in [1.29, 1.82) is 0 Å². The number of halogens is 3. The van der Waals surface area contributed by atoms with Crippen LogP contribution in [0.4, 0.5) is 13.2 Å². The van der Waals surface area contributed by atoms with Gasteiger partial charge in [-0.3, -0.25) is 4.79 Å². The smallest absolute Gasteiger partial charge is 0.349 e. The minimum atomic E-state index is -4.47. The fourth-order valence-corrected chi connectivity index (χ4v) is 2.02. The first kappa shape index (κ1) is 18.8. The number of carbonyl (C=O) groups excluding carboxylic acids is 1. The summed E-state index contributed by atoms with van der Waals surface area (Å²) in [6.45, 7) is 4.15. The van der Waals surface area contributed by atoms with Crippen molar-refractivity contribution >= 4 is 5.91 Å². The van der Waals surface area contributed by atoms with E-state index in [9.17, 15) is 18.0 Å². The summed E-state index contributed by atoms with van der Waals surface area (Å²) in [6.07, 6.45) is -1.08. The van der Waals surface area contributed by atoms with E-state index >= 15 is 0 Å². The Balaban J connectivity index is 2.08. The zero-order chi connectivity index (χ0) is 18.7. The molecule has 0 aliphatic rings. The second kappa shape index (κ2) is 7.18. The van der Waals surface area contributed by atoms with Crippen molar-refractivity contribution in [3.63, 3.8) is 0 Å². The monoisotopic (exact) mass is 356 g/mol. The molecule has 0 atom stereocenters. The number of hydrogen-bond donors (Lipinski definition) is 2. The molecule has 2 aromatic rings. The summed E-state index contributed by atoms with van der Waals surface area (Å²) in [7, 11) is 0. The van der Waals surface area contributed by atoms with Gasteiger partial charge in [0.15, 0.2) is 11.5 Å². The Kier molecular flexibility index (Phi) is 5.41. The maximum atomic E-state index is 12.5.